The van der Waals surface area contributed by atoms with E-state index >= 15 is 0 Å². The minimum Gasteiger partial charge on any atom is -0.481 e. The second-order valence-electron chi connectivity index (χ2n) is 6.00. The number of carboxylic acids is 1. The molecule has 0 amide bonds. The van der Waals surface area contributed by atoms with Crippen molar-refractivity contribution in [2.24, 2.45) is 11.8 Å². The van der Waals surface area contributed by atoms with Gasteiger partial charge in [0, 0.05) is 5.56 Å². The predicted molar refractivity (Wildman–Crippen MR) is 78.1 cm³/mol. The molecule has 0 spiro atoms. The Morgan fingerprint density at radius 3 is 2.05 bits per heavy atom. The number of aryl methyl sites for hydroxylation is 3. The molecule has 1 aromatic rings. The summed E-state index contributed by atoms with van der Waals surface area (Å²) >= 11 is 0. The van der Waals surface area contributed by atoms with Crippen molar-refractivity contribution >= 4 is 11.8 Å². The quantitative estimate of drug-likeness (QED) is 0.673. The molecule has 1 aliphatic rings. The maximum atomic E-state index is 12.7. The molecule has 1 aliphatic carbocycles. The highest BCUT2D eigenvalue weighted by atomic mass is 16.4. The van der Waals surface area contributed by atoms with Gasteiger partial charge < -0.3 is 5.11 Å². The largest absolute Gasteiger partial charge is 0.481 e. The molecule has 0 bridgehead atoms. The van der Waals surface area contributed by atoms with Crippen molar-refractivity contribution in [2.45, 2.75) is 46.5 Å². The fourth-order valence-electron chi connectivity index (χ4n) is 3.54. The van der Waals surface area contributed by atoms with Crippen LogP contribution in [0.2, 0.25) is 0 Å². The van der Waals surface area contributed by atoms with Gasteiger partial charge in [-0.1, -0.05) is 30.5 Å². The number of rotatable bonds is 4. The number of benzene rings is 1. The molecule has 0 radical (unpaired) electrons. The van der Waals surface area contributed by atoms with E-state index in [1.54, 1.807) is 0 Å². The molecule has 1 fully saturated rings. The van der Waals surface area contributed by atoms with Crippen molar-refractivity contribution in [3.05, 3.63) is 34.4 Å². The van der Waals surface area contributed by atoms with Gasteiger partial charge in [0.05, 0.1) is 0 Å². The van der Waals surface area contributed by atoms with E-state index in [2.05, 4.69) is 0 Å². The fourth-order valence-corrected chi connectivity index (χ4v) is 3.54. The van der Waals surface area contributed by atoms with Crippen LogP contribution in [0.1, 0.15) is 52.7 Å². The Morgan fingerprint density at radius 2 is 1.60 bits per heavy atom. The summed E-state index contributed by atoms with van der Waals surface area (Å²) in [6, 6.07) is 3.90. The standard InChI is InChI=1S/C17H22O3/c1-10-8-11(2)14(12(3)9-10)16(18)15(17(19)20)13-6-4-5-7-13/h8-9,13,15H,4-7H2,1-3H3,(H,19,20). The Kier molecular flexibility index (Phi) is 4.26. The lowest BCUT2D eigenvalue weighted by Gasteiger charge is -2.20. The summed E-state index contributed by atoms with van der Waals surface area (Å²) in [7, 11) is 0. The summed E-state index contributed by atoms with van der Waals surface area (Å²) in [5.41, 5.74) is 3.48. The van der Waals surface area contributed by atoms with Crippen molar-refractivity contribution in [1.82, 2.24) is 0 Å². The van der Waals surface area contributed by atoms with Crippen LogP contribution in [0.15, 0.2) is 12.1 Å². The molecule has 0 aromatic heterocycles. The molecular formula is C17H22O3. The van der Waals surface area contributed by atoms with Gasteiger partial charge in [0.15, 0.2) is 5.78 Å². The van der Waals surface area contributed by atoms with Gasteiger partial charge in [-0.2, -0.15) is 0 Å². The molecule has 20 heavy (non-hydrogen) atoms. The average Bonchev–Trinajstić information content (AvgIpc) is 2.80. The van der Waals surface area contributed by atoms with Gasteiger partial charge in [0.1, 0.15) is 5.92 Å². The van der Waals surface area contributed by atoms with E-state index in [1.807, 2.05) is 32.9 Å². The first-order valence-electron chi connectivity index (χ1n) is 7.26. The molecular weight excluding hydrogens is 252 g/mol. The van der Waals surface area contributed by atoms with Crippen LogP contribution in [0.3, 0.4) is 0 Å². The number of carbonyl (C=O) groups is 2. The lowest BCUT2D eigenvalue weighted by molar-refractivity contribution is -0.141. The predicted octanol–water partition coefficient (Wildman–Crippen LogP) is 3.69. The number of hydrogen-bond acceptors (Lipinski definition) is 2. The van der Waals surface area contributed by atoms with E-state index < -0.39 is 11.9 Å². The number of hydrogen-bond donors (Lipinski definition) is 1. The van der Waals surface area contributed by atoms with Crippen molar-refractivity contribution in [1.29, 1.82) is 0 Å². The number of carboxylic acid groups (broad SMARTS) is 1. The van der Waals surface area contributed by atoms with Crippen LogP contribution in [0.5, 0.6) is 0 Å². The van der Waals surface area contributed by atoms with Gasteiger partial charge in [0.2, 0.25) is 0 Å². The Hall–Kier alpha value is -1.64. The van der Waals surface area contributed by atoms with E-state index in [-0.39, 0.29) is 11.7 Å². The van der Waals surface area contributed by atoms with Crippen molar-refractivity contribution < 1.29 is 14.7 Å². The van der Waals surface area contributed by atoms with E-state index in [9.17, 15) is 14.7 Å². The lowest BCUT2D eigenvalue weighted by atomic mass is 9.82. The monoisotopic (exact) mass is 274 g/mol. The Labute approximate surface area is 120 Å². The number of carbonyl (C=O) groups excluding carboxylic acids is 1. The van der Waals surface area contributed by atoms with Crippen molar-refractivity contribution in [2.75, 3.05) is 0 Å². The number of Topliss-reactive ketones (excluding diaryl/α,β-unsaturated/α-hetero) is 1. The highest BCUT2D eigenvalue weighted by Crippen LogP contribution is 2.34. The Balaban J connectivity index is 2.40. The first-order chi connectivity index (χ1) is 9.41. The zero-order valence-electron chi connectivity index (χ0n) is 12.4. The fraction of sp³-hybridized carbons (Fsp3) is 0.529. The Bertz CT molecular complexity index is 516. The molecule has 1 N–H and O–H groups in total. The number of ketones is 1. The molecule has 0 aliphatic heterocycles. The molecule has 3 nitrogen and oxygen atoms in total. The Morgan fingerprint density at radius 1 is 1.10 bits per heavy atom. The van der Waals surface area contributed by atoms with Gasteiger partial charge >= 0.3 is 5.97 Å². The first-order valence-corrected chi connectivity index (χ1v) is 7.26. The average molecular weight is 274 g/mol. The number of aliphatic carboxylic acids is 1. The molecule has 1 unspecified atom stereocenters. The van der Waals surface area contributed by atoms with E-state index in [4.69, 9.17) is 0 Å². The maximum absolute atomic E-state index is 12.7. The van der Waals surface area contributed by atoms with Crippen molar-refractivity contribution in [3.63, 3.8) is 0 Å². The summed E-state index contributed by atoms with van der Waals surface area (Å²) in [6.07, 6.45) is 3.78. The lowest BCUT2D eigenvalue weighted by Crippen LogP contribution is -2.31. The topological polar surface area (TPSA) is 54.4 Å². The van der Waals surface area contributed by atoms with Gasteiger partial charge in [0.25, 0.3) is 0 Å². The molecule has 0 saturated heterocycles. The summed E-state index contributed by atoms with van der Waals surface area (Å²) < 4.78 is 0. The van der Waals surface area contributed by atoms with Gasteiger partial charge in [-0.25, -0.2) is 0 Å². The molecule has 108 valence electrons. The molecule has 1 saturated carbocycles. The zero-order chi connectivity index (χ0) is 14.9. The molecule has 1 atom stereocenters. The summed E-state index contributed by atoms with van der Waals surface area (Å²) in [4.78, 5) is 24.3. The summed E-state index contributed by atoms with van der Waals surface area (Å²) in [5, 5.41) is 9.48. The molecule has 2 rings (SSSR count). The molecule has 0 heterocycles. The van der Waals surface area contributed by atoms with E-state index in [0.29, 0.717) is 5.56 Å². The first kappa shape index (κ1) is 14.8. The van der Waals surface area contributed by atoms with E-state index in [0.717, 1.165) is 42.4 Å². The van der Waals surface area contributed by atoms with Crippen LogP contribution >= 0.6 is 0 Å². The van der Waals surface area contributed by atoms with Gasteiger partial charge in [-0.3, -0.25) is 9.59 Å². The van der Waals surface area contributed by atoms with E-state index in [1.165, 1.54) is 0 Å². The van der Waals surface area contributed by atoms with Crippen LogP contribution in [0.4, 0.5) is 0 Å². The molecule has 3 heteroatoms. The second-order valence-corrected chi connectivity index (χ2v) is 6.00. The third kappa shape index (κ3) is 2.77. The SMILES string of the molecule is Cc1cc(C)c(C(=O)C(C(=O)O)C2CCCC2)c(C)c1. The van der Waals surface area contributed by atoms with Crippen LogP contribution in [0.25, 0.3) is 0 Å². The normalized spacial score (nSPS) is 17.1. The van der Waals surface area contributed by atoms with Crippen molar-refractivity contribution in [3.8, 4) is 0 Å². The third-order valence-corrected chi connectivity index (χ3v) is 4.34. The van der Waals surface area contributed by atoms with Crippen LogP contribution in [0, 0.1) is 32.6 Å². The van der Waals surface area contributed by atoms with Crippen LogP contribution in [-0.2, 0) is 4.79 Å². The zero-order valence-corrected chi connectivity index (χ0v) is 12.4. The smallest absolute Gasteiger partial charge is 0.314 e. The van der Waals surface area contributed by atoms with Crippen LogP contribution in [-0.4, -0.2) is 16.9 Å². The van der Waals surface area contributed by atoms with Gasteiger partial charge in [-0.15, -0.1) is 0 Å². The molecule has 1 aromatic carbocycles. The third-order valence-electron chi connectivity index (χ3n) is 4.34. The maximum Gasteiger partial charge on any atom is 0.314 e. The van der Waals surface area contributed by atoms with Gasteiger partial charge in [-0.05, 0) is 50.7 Å². The highest BCUT2D eigenvalue weighted by molar-refractivity contribution is 6.10. The summed E-state index contributed by atoms with van der Waals surface area (Å²) in [5.74, 6) is -2.06. The minimum atomic E-state index is -0.971. The van der Waals surface area contributed by atoms with Crippen LogP contribution < -0.4 is 0 Å². The summed E-state index contributed by atoms with van der Waals surface area (Å²) in [6.45, 7) is 5.77. The highest BCUT2D eigenvalue weighted by Gasteiger charge is 2.37. The minimum absolute atomic E-state index is 0.0000954. The second kappa shape index (κ2) is 5.78.